The molecule has 4 aromatic carbocycles. The van der Waals surface area contributed by atoms with Crippen molar-refractivity contribution in [2.45, 2.75) is 41.5 Å². The highest BCUT2D eigenvalue weighted by Crippen LogP contribution is 2.41. The third-order valence-electron chi connectivity index (χ3n) is 6.72. The molecule has 0 saturated heterocycles. The number of aryl methyl sites for hydroxylation is 2. The van der Waals surface area contributed by atoms with Gasteiger partial charge in [0, 0.05) is 0 Å². The van der Waals surface area contributed by atoms with Gasteiger partial charge in [-0.05, 0) is 110 Å². The van der Waals surface area contributed by atoms with Crippen molar-refractivity contribution in [1.29, 1.82) is 0 Å². The molecule has 0 heterocycles. The monoisotopic (exact) mass is 422 g/mol. The standard InChI is InChI=1S/C30H31P/c1-20-17-18-29(24(5)22(20)3)31(27-15-11-8-12-16-27)30-25(6)23(4)21(2)19-28(30)26-13-9-7-10-14-26/h7-19H,1-6H3. The molecule has 0 aliphatic rings. The van der Waals surface area contributed by atoms with E-state index in [1.165, 1.54) is 60.4 Å². The minimum absolute atomic E-state index is 0.689. The van der Waals surface area contributed by atoms with Crippen LogP contribution >= 0.6 is 7.92 Å². The summed E-state index contributed by atoms with van der Waals surface area (Å²) in [6.45, 7) is 13.6. The minimum Gasteiger partial charge on any atom is -0.0622 e. The zero-order valence-electron chi connectivity index (χ0n) is 19.5. The van der Waals surface area contributed by atoms with E-state index in [9.17, 15) is 0 Å². The second kappa shape index (κ2) is 8.81. The molecule has 1 unspecified atom stereocenters. The normalized spacial score (nSPS) is 12.1. The number of hydrogen-bond acceptors (Lipinski definition) is 0. The van der Waals surface area contributed by atoms with Crippen LogP contribution in [0.1, 0.15) is 33.4 Å². The van der Waals surface area contributed by atoms with E-state index in [0.29, 0.717) is 0 Å². The first-order valence-electron chi connectivity index (χ1n) is 11.0. The van der Waals surface area contributed by atoms with Crippen LogP contribution in [0.5, 0.6) is 0 Å². The number of rotatable bonds is 4. The van der Waals surface area contributed by atoms with Crippen LogP contribution in [0, 0.1) is 41.5 Å². The third kappa shape index (κ3) is 3.98. The molecule has 0 fully saturated rings. The lowest BCUT2D eigenvalue weighted by atomic mass is 9.96. The van der Waals surface area contributed by atoms with Crippen molar-refractivity contribution < 1.29 is 0 Å². The molecule has 1 atom stereocenters. The molecular formula is C30H31P. The molecule has 0 aliphatic carbocycles. The lowest BCUT2D eigenvalue weighted by molar-refractivity contribution is 1.28. The van der Waals surface area contributed by atoms with Crippen molar-refractivity contribution in [2.75, 3.05) is 0 Å². The number of benzene rings is 4. The number of hydrogen-bond donors (Lipinski definition) is 0. The second-order valence-electron chi connectivity index (χ2n) is 8.53. The van der Waals surface area contributed by atoms with E-state index in [-0.39, 0.29) is 0 Å². The molecule has 0 bridgehead atoms. The predicted molar refractivity (Wildman–Crippen MR) is 139 cm³/mol. The Balaban J connectivity index is 2.10. The summed E-state index contributed by atoms with van der Waals surface area (Å²) in [5.74, 6) is 0. The Morgan fingerprint density at radius 2 is 1.10 bits per heavy atom. The van der Waals surface area contributed by atoms with Gasteiger partial charge in [-0.25, -0.2) is 0 Å². The predicted octanol–water partition coefficient (Wildman–Crippen LogP) is 6.96. The van der Waals surface area contributed by atoms with Crippen molar-refractivity contribution in [3.8, 4) is 11.1 Å². The van der Waals surface area contributed by atoms with Crippen LogP contribution in [0.3, 0.4) is 0 Å². The minimum atomic E-state index is -0.689. The molecule has 0 saturated carbocycles. The van der Waals surface area contributed by atoms with E-state index < -0.39 is 7.92 Å². The first kappa shape index (κ1) is 21.5. The Morgan fingerprint density at radius 1 is 0.516 bits per heavy atom. The van der Waals surface area contributed by atoms with E-state index in [0.717, 1.165) is 0 Å². The van der Waals surface area contributed by atoms with E-state index >= 15 is 0 Å². The van der Waals surface area contributed by atoms with Gasteiger partial charge in [0.2, 0.25) is 0 Å². The van der Waals surface area contributed by atoms with Crippen LogP contribution in [0.25, 0.3) is 11.1 Å². The Morgan fingerprint density at radius 3 is 1.74 bits per heavy atom. The maximum absolute atomic E-state index is 2.40. The van der Waals surface area contributed by atoms with Gasteiger partial charge in [0.25, 0.3) is 0 Å². The molecule has 1 heteroatoms. The zero-order valence-corrected chi connectivity index (χ0v) is 20.3. The lowest BCUT2D eigenvalue weighted by Gasteiger charge is -2.28. The molecule has 0 amide bonds. The molecular weight excluding hydrogens is 391 g/mol. The second-order valence-corrected chi connectivity index (χ2v) is 10.6. The first-order chi connectivity index (χ1) is 14.9. The fraction of sp³-hybridized carbons (Fsp3) is 0.200. The van der Waals surface area contributed by atoms with Crippen LogP contribution in [0.2, 0.25) is 0 Å². The van der Waals surface area contributed by atoms with Gasteiger partial charge in [0.15, 0.2) is 0 Å². The topological polar surface area (TPSA) is 0 Å². The fourth-order valence-electron chi connectivity index (χ4n) is 4.34. The van der Waals surface area contributed by atoms with Gasteiger partial charge in [-0.1, -0.05) is 78.9 Å². The summed E-state index contributed by atoms with van der Waals surface area (Å²) >= 11 is 0. The maximum atomic E-state index is 2.40. The van der Waals surface area contributed by atoms with Crippen molar-refractivity contribution in [3.05, 3.63) is 112 Å². The third-order valence-corrected chi connectivity index (χ3v) is 9.52. The Labute approximate surface area is 188 Å². The van der Waals surface area contributed by atoms with Crippen LogP contribution < -0.4 is 15.9 Å². The van der Waals surface area contributed by atoms with E-state index in [1.807, 2.05) is 0 Å². The average molecular weight is 423 g/mol. The van der Waals surface area contributed by atoms with E-state index in [2.05, 4.69) is 120 Å². The fourth-order valence-corrected chi connectivity index (χ4v) is 7.26. The van der Waals surface area contributed by atoms with Gasteiger partial charge in [-0.15, -0.1) is 0 Å². The van der Waals surface area contributed by atoms with Crippen LogP contribution in [0.4, 0.5) is 0 Å². The summed E-state index contributed by atoms with van der Waals surface area (Å²) < 4.78 is 0. The maximum Gasteiger partial charge on any atom is -0.00404 e. The van der Waals surface area contributed by atoms with Gasteiger partial charge in [-0.3, -0.25) is 0 Å². The van der Waals surface area contributed by atoms with Crippen LogP contribution in [-0.4, -0.2) is 0 Å². The van der Waals surface area contributed by atoms with Gasteiger partial charge < -0.3 is 0 Å². The summed E-state index contributed by atoms with van der Waals surface area (Å²) in [5, 5.41) is 4.36. The highest BCUT2D eigenvalue weighted by atomic mass is 31.1. The van der Waals surface area contributed by atoms with Crippen molar-refractivity contribution in [3.63, 3.8) is 0 Å². The van der Waals surface area contributed by atoms with Gasteiger partial charge in [0.1, 0.15) is 0 Å². The Hall–Kier alpha value is -2.69. The smallest absolute Gasteiger partial charge is 0.00404 e. The summed E-state index contributed by atoms with van der Waals surface area (Å²) in [6.07, 6.45) is 0. The van der Waals surface area contributed by atoms with Gasteiger partial charge in [0.05, 0.1) is 0 Å². The van der Waals surface area contributed by atoms with Crippen molar-refractivity contribution in [1.82, 2.24) is 0 Å². The Kier molecular flexibility index (Phi) is 6.12. The molecule has 0 nitrogen and oxygen atoms in total. The Bertz CT molecular complexity index is 1220. The van der Waals surface area contributed by atoms with Crippen molar-refractivity contribution in [2.24, 2.45) is 0 Å². The summed E-state index contributed by atoms with van der Waals surface area (Å²) in [4.78, 5) is 0. The van der Waals surface area contributed by atoms with Gasteiger partial charge >= 0.3 is 0 Å². The zero-order chi connectivity index (χ0) is 22.1. The molecule has 31 heavy (non-hydrogen) atoms. The van der Waals surface area contributed by atoms with Gasteiger partial charge in [-0.2, -0.15) is 0 Å². The molecule has 0 aromatic heterocycles. The molecule has 4 rings (SSSR count). The summed E-state index contributed by atoms with van der Waals surface area (Å²) in [6, 6.07) is 29.1. The summed E-state index contributed by atoms with van der Waals surface area (Å²) in [5.41, 5.74) is 11.0. The largest absolute Gasteiger partial charge is 0.0622 e. The quantitative estimate of drug-likeness (QED) is 0.312. The highest BCUT2D eigenvalue weighted by Gasteiger charge is 2.25. The summed E-state index contributed by atoms with van der Waals surface area (Å²) in [7, 11) is -0.689. The molecule has 4 aromatic rings. The molecule has 0 spiro atoms. The first-order valence-corrected chi connectivity index (χ1v) is 12.3. The molecule has 0 radical (unpaired) electrons. The van der Waals surface area contributed by atoms with Crippen LogP contribution in [0.15, 0.2) is 78.9 Å². The SMILES string of the molecule is Cc1ccc(P(c2ccccc2)c2c(-c3ccccc3)cc(C)c(C)c2C)c(C)c1C. The lowest BCUT2D eigenvalue weighted by Crippen LogP contribution is -2.27. The molecule has 0 N–H and O–H groups in total. The molecule has 0 aliphatic heterocycles. The highest BCUT2D eigenvalue weighted by molar-refractivity contribution is 7.80. The average Bonchev–Trinajstić information content (AvgIpc) is 2.80. The van der Waals surface area contributed by atoms with E-state index in [1.54, 1.807) is 0 Å². The van der Waals surface area contributed by atoms with Crippen LogP contribution in [-0.2, 0) is 0 Å². The van der Waals surface area contributed by atoms with E-state index in [4.69, 9.17) is 0 Å². The van der Waals surface area contributed by atoms with Crippen molar-refractivity contribution >= 4 is 23.8 Å². The molecule has 156 valence electrons.